The van der Waals surface area contributed by atoms with Gasteiger partial charge in [-0.1, -0.05) is 6.92 Å². The zero-order valence-corrected chi connectivity index (χ0v) is 13.8. The van der Waals surface area contributed by atoms with Crippen LogP contribution in [0.5, 0.6) is 0 Å². The van der Waals surface area contributed by atoms with Gasteiger partial charge in [0.2, 0.25) is 0 Å². The number of halogens is 1. The average Bonchev–Trinajstić information content (AvgIpc) is 2.89. The van der Waals surface area contributed by atoms with E-state index in [0.29, 0.717) is 0 Å². The molecular weight excluding hydrogens is 310 g/mol. The van der Waals surface area contributed by atoms with Crippen LogP contribution in [0.1, 0.15) is 38.1 Å². The third-order valence-electron chi connectivity index (χ3n) is 3.95. The van der Waals surface area contributed by atoms with Crippen molar-refractivity contribution in [3.05, 3.63) is 15.9 Å². The van der Waals surface area contributed by atoms with Crippen molar-refractivity contribution >= 4 is 27.7 Å². The fraction of sp³-hybridized carbons (Fsp3) is 0.769. The van der Waals surface area contributed by atoms with Crippen molar-refractivity contribution in [2.45, 2.75) is 50.3 Å². The van der Waals surface area contributed by atoms with Gasteiger partial charge in [0, 0.05) is 24.3 Å². The molecule has 1 aliphatic rings. The summed E-state index contributed by atoms with van der Waals surface area (Å²) >= 11 is 5.70. The van der Waals surface area contributed by atoms with Gasteiger partial charge in [-0.3, -0.25) is 4.68 Å². The molecule has 2 unspecified atom stereocenters. The molecule has 2 N–H and O–H groups in total. The molecular formula is C13H22BrN3S. The van der Waals surface area contributed by atoms with Crippen LogP contribution < -0.4 is 5.73 Å². The Morgan fingerprint density at radius 1 is 1.61 bits per heavy atom. The van der Waals surface area contributed by atoms with E-state index >= 15 is 0 Å². The number of hydrogen-bond acceptors (Lipinski definition) is 3. The van der Waals surface area contributed by atoms with E-state index in [9.17, 15) is 0 Å². The fourth-order valence-electron chi connectivity index (χ4n) is 2.56. The van der Waals surface area contributed by atoms with Crippen LogP contribution in [0, 0.1) is 0 Å². The molecule has 0 spiro atoms. The van der Waals surface area contributed by atoms with Crippen LogP contribution in [-0.4, -0.2) is 26.3 Å². The Hall–Kier alpha value is -0.000000000000000111. The highest BCUT2D eigenvalue weighted by atomic mass is 79.9. The minimum Gasteiger partial charge on any atom is -0.326 e. The van der Waals surface area contributed by atoms with Gasteiger partial charge in [0.1, 0.15) is 0 Å². The molecule has 2 heterocycles. The summed E-state index contributed by atoms with van der Waals surface area (Å²) in [6.45, 7) is 4.44. The van der Waals surface area contributed by atoms with E-state index in [1.165, 1.54) is 24.3 Å². The summed E-state index contributed by atoms with van der Waals surface area (Å²) in [6.07, 6.45) is 4.37. The van der Waals surface area contributed by atoms with Gasteiger partial charge in [-0.05, 0) is 47.9 Å². The summed E-state index contributed by atoms with van der Waals surface area (Å²) in [5.74, 6) is 1.25. The second-order valence-corrected chi connectivity index (χ2v) is 7.68. The fourth-order valence-corrected chi connectivity index (χ4v) is 4.68. The Labute approximate surface area is 122 Å². The molecule has 1 aliphatic heterocycles. The van der Waals surface area contributed by atoms with Gasteiger partial charge in [-0.15, -0.1) is 0 Å². The molecule has 2 rings (SSSR count). The van der Waals surface area contributed by atoms with Crippen LogP contribution in [0.2, 0.25) is 0 Å². The van der Waals surface area contributed by atoms with Crippen LogP contribution in [-0.2, 0) is 19.9 Å². The predicted molar refractivity (Wildman–Crippen MR) is 82.1 cm³/mol. The first kappa shape index (κ1) is 14.4. The van der Waals surface area contributed by atoms with Gasteiger partial charge in [0.25, 0.3) is 0 Å². The maximum Gasteiger partial charge on any atom is 0.0766 e. The molecule has 0 saturated carbocycles. The largest absolute Gasteiger partial charge is 0.326 e. The van der Waals surface area contributed by atoms with E-state index < -0.39 is 0 Å². The molecule has 0 radical (unpaired) electrons. The van der Waals surface area contributed by atoms with Gasteiger partial charge < -0.3 is 5.73 Å². The maximum absolute atomic E-state index is 6.45. The smallest absolute Gasteiger partial charge is 0.0766 e. The number of hydrogen-bond donors (Lipinski definition) is 1. The van der Waals surface area contributed by atoms with E-state index in [0.717, 1.165) is 23.0 Å². The maximum atomic E-state index is 6.45. The predicted octanol–water partition coefficient (Wildman–Crippen LogP) is 2.90. The Balaban J connectivity index is 2.16. The van der Waals surface area contributed by atoms with Crippen molar-refractivity contribution in [1.82, 2.24) is 9.78 Å². The van der Waals surface area contributed by atoms with Crippen LogP contribution in [0.4, 0.5) is 0 Å². The number of thioether (sulfide) groups is 1. The van der Waals surface area contributed by atoms with Crippen LogP contribution in [0.25, 0.3) is 0 Å². The Morgan fingerprint density at radius 2 is 2.33 bits per heavy atom. The number of nitrogens with zero attached hydrogens (tertiary/aromatic N) is 2. The van der Waals surface area contributed by atoms with Crippen molar-refractivity contribution in [2.75, 3.05) is 5.75 Å². The second-order valence-electron chi connectivity index (χ2n) is 5.26. The molecule has 2 atom stereocenters. The molecule has 1 saturated heterocycles. The molecule has 5 heteroatoms. The quantitative estimate of drug-likeness (QED) is 0.922. The van der Waals surface area contributed by atoms with Gasteiger partial charge in [0.05, 0.1) is 15.9 Å². The first-order valence-electron chi connectivity index (χ1n) is 6.57. The highest BCUT2D eigenvalue weighted by Crippen LogP contribution is 2.41. The van der Waals surface area contributed by atoms with Gasteiger partial charge in [-0.25, -0.2) is 0 Å². The van der Waals surface area contributed by atoms with Crippen molar-refractivity contribution in [2.24, 2.45) is 12.8 Å². The monoisotopic (exact) mass is 331 g/mol. The highest BCUT2D eigenvalue weighted by molar-refractivity contribution is 9.10. The molecule has 0 bridgehead atoms. The van der Waals surface area contributed by atoms with Gasteiger partial charge in [0.15, 0.2) is 0 Å². The summed E-state index contributed by atoms with van der Waals surface area (Å²) in [6, 6.07) is 0.196. The van der Waals surface area contributed by atoms with E-state index in [4.69, 9.17) is 5.73 Å². The number of rotatable bonds is 4. The standard InChI is InChI=1S/C13H22BrN3S/c1-4-9-12(14)10(17(3)16-9)8-11(15)13(2)6-5-7-18-13/h11H,4-8,15H2,1-3H3. The van der Waals surface area contributed by atoms with Crippen LogP contribution in [0.15, 0.2) is 4.47 Å². The lowest BCUT2D eigenvalue weighted by atomic mass is 9.93. The van der Waals surface area contributed by atoms with Crippen molar-refractivity contribution in [3.8, 4) is 0 Å². The molecule has 18 heavy (non-hydrogen) atoms. The minimum atomic E-state index is 0.196. The summed E-state index contributed by atoms with van der Waals surface area (Å²) in [4.78, 5) is 0. The van der Waals surface area contributed by atoms with E-state index in [-0.39, 0.29) is 10.8 Å². The van der Waals surface area contributed by atoms with Crippen molar-refractivity contribution < 1.29 is 0 Å². The summed E-state index contributed by atoms with van der Waals surface area (Å²) in [5, 5.41) is 4.54. The molecule has 102 valence electrons. The summed E-state index contributed by atoms with van der Waals surface area (Å²) in [5.41, 5.74) is 8.81. The van der Waals surface area contributed by atoms with Crippen molar-refractivity contribution in [3.63, 3.8) is 0 Å². The minimum absolute atomic E-state index is 0.196. The molecule has 3 nitrogen and oxygen atoms in total. The summed E-state index contributed by atoms with van der Waals surface area (Å²) in [7, 11) is 2.01. The van der Waals surface area contributed by atoms with Crippen LogP contribution in [0.3, 0.4) is 0 Å². The Kier molecular flexibility index (Phi) is 4.44. The number of nitrogens with two attached hydrogens (primary N) is 1. The third-order valence-corrected chi connectivity index (χ3v) is 6.52. The average molecular weight is 332 g/mol. The number of aromatic nitrogens is 2. The first-order valence-corrected chi connectivity index (χ1v) is 8.35. The third kappa shape index (κ3) is 2.63. The van der Waals surface area contributed by atoms with Gasteiger partial charge in [-0.2, -0.15) is 16.9 Å². The molecule has 1 fully saturated rings. The molecule has 1 aromatic rings. The number of aryl methyl sites for hydroxylation is 2. The molecule has 0 aliphatic carbocycles. The lowest BCUT2D eigenvalue weighted by Crippen LogP contribution is -2.43. The Bertz CT molecular complexity index is 424. The molecule has 0 amide bonds. The zero-order valence-electron chi connectivity index (χ0n) is 11.4. The van der Waals surface area contributed by atoms with E-state index in [1.807, 2.05) is 23.5 Å². The topological polar surface area (TPSA) is 43.8 Å². The first-order chi connectivity index (χ1) is 8.48. The van der Waals surface area contributed by atoms with Gasteiger partial charge >= 0.3 is 0 Å². The summed E-state index contributed by atoms with van der Waals surface area (Å²) < 4.78 is 3.36. The zero-order chi connectivity index (χ0) is 13.3. The normalized spacial score (nSPS) is 25.6. The van der Waals surface area contributed by atoms with Crippen LogP contribution >= 0.6 is 27.7 Å². The SMILES string of the molecule is CCc1nn(C)c(CC(N)C2(C)CCCS2)c1Br. The molecule has 0 aromatic carbocycles. The molecule has 1 aromatic heterocycles. The lowest BCUT2D eigenvalue weighted by Gasteiger charge is -2.30. The second kappa shape index (κ2) is 5.55. The van der Waals surface area contributed by atoms with E-state index in [1.54, 1.807) is 0 Å². The lowest BCUT2D eigenvalue weighted by molar-refractivity contribution is 0.471. The highest BCUT2D eigenvalue weighted by Gasteiger charge is 2.36. The Morgan fingerprint density at radius 3 is 2.83 bits per heavy atom. The van der Waals surface area contributed by atoms with E-state index in [2.05, 4.69) is 34.9 Å². The van der Waals surface area contributed by atoms with Crippen molar-refractivity contribution in [1.29, 1.82) is 0 Å².